The molecule has 0 N–H and O–H groups in total. The van der Waals surface area contributed by atoms with Gasteiger partial charge in [0.2, 0.25) is 0 Å². The topological polar surface area (TPSA) is 51.2 Å². The smallest absolute Gasteiger partial charge is 0.175 e. The summed E-state index contributed by atoms with van der Waals surface area (Å²) in [6.07, 6.45) is 5.63. The minimum absolute atomic E-state index is 0.0342. The Kier molecular flexibility index (Phi) is 4.39. The molecule has 3 nitrogen and oxygen atoms in total. The molecule has 1 aromatic carbocycles. The number of carbonyl (C=O) groups excluding carboxylic acids is 1. The third-order valence-corrected chi connectivity index (χ3v) is 6.18. The molecule has 0 radical (unpaired) electrons. The first-order valence-corrected chi connectivity index (χ1v) is 9.20. The van der Waals surface area contributed by atoms with Gasteiger partial charge in [-0.25, -0.2) is 8.42 Å². The first-order chi connectivity index (χ1) is 9.37. The quantitative estimate of drug-likeness (QED) is 0.784. The molecule has 0 aliphatic carbocycles. The fraction of sp³-hybridized carbons (Fsp3) is 0.400. The molecule has 20 heavy (non-hydrogen) atoms. The summed E-state index contributed by atoms with van der Waals surface area (Å²) < 4.78 is 22.9. The average molecular weight is 310 g/mol. The number of allylic oxidation sites excluding steroid dienone is 1. The molecular formula is C15H18O3S2. The SMILES string of the molecule is CC1([C@H](CC=O)c2ccc(S(C)(=O)=O)cc2)CC=CS1. The molecule has 0 aromatic heterocycles. The predicted octanol–water partition coefficient (Wildman–Crippen LogP) is 3.17. The summed E-state index contributed by atoms with van der Waals surface area (Å²) in [7, 11) is -3.18. The van der Waals surface area contributed by atoms with Gasteiger partial charge in [0.05, 0.1) is 4.90 Å². The molecule has 0 amide bonds. The van der Waals surface area contributed by atoms with Gasteiger partial charge >= 0.3 is 0 Å². The van der Waals surface area contributed by atoms with Crippen molar-refractivity contribution in [2.45, 2.75) is 35.3 Å². The van der Waals surface area contributed by atoms with E-state index in [9.17, 15) is 13.2 Å². The summed E-state index contributed by atoms with van der Waals surface area (Å²) in [5.41, 5.74) is 1.02. The monoisotopic (exact) mass is 310 g/mol. The maximum Gasteiger partial charge on any atom is 0.175 e. The van der Waals surface area contributed by atoms with Crippen molar-refractivity contribution >= 4 is 27.9 Å². The second kappa shape index (κ2) is 5.74. The molecule has 0 saturated carbocycles. The number of benzene rings is 1. The molecule has 2 rings (SSSR count). The molecule has 0 fully saturated rings. The van der Waals surface area contributed by atoms with E-state index in [0.717, 1.165) is 18.3 Å². The number of carbonyl (C=O) groups is 1. The first kappa shape index (κ1) is 15.3. The third-order valence-electron chi connectivity index (χ3n) is 3.74. The Labute approximate surface area is 124 Å². The van der Waals surface area contributed by atoms with Gasteiger partial charge in [0, 0.05) is 23.3 Å². The van der Waals surface area contributed by atoms with Crippen LogP contribution >= 0.6 is 11.8 Å². The van der Waals surface area contributed by atoms with E-state index < -0.39 is 9.84 Å². The van der Waals surface area contributed by atoms with Gasteiger partial charge in [-0.15, -0.1) is 11.8 Å². The standard InChI is InChI=1S/C15H18O3S2/c1-15(9-3-11-19-15)14(8-10-16)12-4-6-13(7-5-12)20(2,17)18/h3-7,10-11,14H,8-9H2,1-2H3/t14-,15?/m1/s1. The van der Waals surface area contributed by atoms with E-state index in [1.807, 2.05) is 12.1 Å². The summed E-state index contributed by atoms with van der Waals surface area (Å²) in [4.78, 5) is 11.3. The highest BCUT2D eigenvalue weighted by Gasteiger charge is 2.36. The highest BCUT2D eigenvalue weighted by molar-refractivity contribution is 8.03. The maximum absolute atomic E-state index is 11.5. The lowest BCUT2D eigenvalue weighted by molar-refractivity contribution is -0.108. The van der Waals surface area contributed by atoms with Gasteiger partial charge in [0.1, 0.15) is 6.29 Å². The zero-order valence-electron chi connectivity index (χ0n) is 11.6. The van der Waals surface area contributed by atoms with Crippen molar-refractivity contribution < 1.29 is 13.2 Å². The number of aldehydes is 1. The van der Waals surface area contributed by atoms with Gasteiger partial charge in [-0.1, -0.05) is 18.2 Å². The second-order valence-electron chi connectivity index (χ2n) is 5.30. The van der Waals surface area contributed by atoms with Crippen molar-refractivity contribution in [1.29, 1.82) is 0 Å². The number of hydrogen-bond acceptors (Lipinski definition) is 4. The van der Waals surface area contributed by atoms with Crippen molar-refractivity contribution in [3.05, 3.63) is 41.3 Å². The second-order valence-corrected chi connectivity index (χ2v) is 8.76. The Morgan fingerprint density at radius 3 is 2.45 bits per heavy atom. The molecular weight excluding hydrogens is 292 g/mol. The zero-order chi connectivity index (χ0) is 14.8. The Hall–Kier alpha value is -1.07. The maximum atomic E-state index is 11.5. The van der Waals surface area contributed by atoms with Crippen LogP contribution in [0.2, 0.25) is 0 Å². The van der Waals surface area contributed by atoms with E-state index in [1.165, 1.54) is 6.26 Å². The summed E-state index contributed by atoms with van der Waals surface area (Å²) >= 11 is 1.74. The lowest BCUT2D eigenvalue weighted by Gasteiger charge is -2.32. The van der Waals surface area contributed by atoms with Crippen LogP contribution in [0, 0.1) is 0 Å². The van der Waals surface area contributed by atoms with Gasteiger partial charge in [-0.05, 0) is 36.4 Å². The summed E-state index contributed by atoms with van der Waals surface area (Å²) in [6.45, 7) is 2.15. The minimum Gasteiger partial charge on any atom is -0.303 e. The van der Waals surface area contributed by atoms with Crippen LogP contribution < -0.4 is 0 Å². The number of thioether (sulfide) groups is 1. The molecule has 2 atom stereocenters. The van der Waals surface area contributed by atoms with Gasteiger partial charge in [-0.3, -0.25) is 0 Å². The number of sulfone groups is 1. The molecule has 1 aliphatic rings. The van der Waals surface area contributed by atoms with Crippen LogP contribution in [0.15, 0.2) is 40.6 Å². The third kappa shape index (κ3) is 3.15. The highest BCUT2D eigenvalue weighted by atomic mass is 32.2. The first-order valence-electron chi connectivity index (χ1n) is 6.43. The Balaban J connectivity index is 2.33. The summed E-state index contributed by atoms with van der Waals surface area (Å²) in [5, 5.41) is 2.07. The Morgan fingerprint density at radius 1 is 1.35 bits per heavy atom. The fourth-order valence-corrected chi connectivity index (χ4v) is 4.26. The Morgan fingerprint density at radius 2 is 2.00 bits per heavy atom. The van der Waals surface area contributed by atoms with Crippen LogP contribution in [0.25, 0.3) is 0 Å². The molecule has 1 aromatic rings. The number of rotatable bonds is 5. The van der Waals surface area contributed by atoms with E-state index in [-0.39, 0.29) is 10.7 Å². The van der Waals surface area contributed by atoms with Crippen LogP contribution in [0.4, 0.5) is 0 Å². The van der Waals surface area contributed by atoms with Crippen LogP contribution in [0.1, 0.15) is 31.2 Å². The van der Waals surface area contributed by atoms with Gasteiger partial charge < -0.3 is 4.79 Å². The van der Waals surface area contributed by atoms with Crippen molar-refractivity contribution in [3.63, 3.8) is 0 Å². The van der Waals surface area contributed by atoms with E-state index in [4.69, 9.17) is 0 Å². The van der Waals surface area contributed by atoms with Crippen molar-refractivity contribution in [2.24, 2.45) is 0 Å². The lowest BCUT2D eigenvalue weighted by atomic mass is 9.82. The van der Waals surface area contributed by atoms with Gasteiger partial charge in [0.15, 0.2) is 9.84 Å². The molecule has 1 unspecified atom stereocenters. The minimum atomic E-state index is -3.18. The lowest BCUT2D eigenvalue weighted by Crippen LogP contribution is -2.27. The molecule has 0 bridgehead atoms. The van der Waals surface area contributed by atoms with Crippen molar-refractivity contribution in [2.75, 3.05) is 6.26 Å². The van der Waals surface area contributed by atoms with Crippen LogP contribution in [0.5, 0.6) is 0 Å². The normalized spacial score (nSPS) is 23.7. The molecule has 1 heterocycles. The summed E-state index contributed by atoms with van der Waals surface area (Å²) in [5.74, 6) is 0.0913. The average Bonchev–Trinajstić information content (AvgIpc) is 2.83. The van der Waals surface area contributed by atoms with E-state index in [2.05, 4.69) is 18.4 Å². The molecule has 0 saturated heterocycles. The van der Waals surface area contributed by atoms with E-state index in [0.29, 0.717) is 11.3 Å². The van der Waals surface area contributed by atoms with Crippen LogP contribution in [0.3, 0.4) is 0 Å². The molecule has 0 spiro atoms. The highest BCUT2D eigenvalue weighted by Crippen LogP contribution is 2.48. The van der Waals surface area contributed by atoms with Crippen molar-refractivity contribution in [1.82, 2.24) is 0 Å². The fourth-order valence-electron chi connectivity index (χ4n) is 2.54. The predicted molar refractivity (Wildman–Crippen MR) is 82.7 cm³/mol. The largest absolute Gasteiger partial charge is 0.303 e. The van der Waals surface area contributed by atoms with Crippen LogP contribution in [-0.4, -0.2) is 25.7 Å². The van der Waals surface area contributed by atoms with E-state index in [1.54, 1.807) is 23.9 Å². The van der Waals surface area contributed by atoms with E-state index >= 15 is 0 Å². The van der Waals surface area contributed by atoms with Gasteiger partial charge in [-0.2, -0.15) is 0 Å². The van der Waals surface area contributed by atoms with Crippen molar-refractivity contribution in [3.8, 4) is 0 Å². The Bertz CT molecular complexity index is 607. The zero-order valence-corrected chi connectivity index (χ0v) is 13.2. The molecule has 5 heteroatoms. The molecule has 108 valence electrons. The summed E-state index contributed by atoms with van der Waals surface area (Å²) in [6, 6.07) is 6.90. The van der Waals surface area contributed by atoms with Crippen LogP contribution in [-0.2, 0) is 14.6 Å². The number of hydrogen-bond donors (Lipinski definition) is 0. The van der Waals surface area contributed by atoms with Gasteiger partial charge in [0.25, 0.3) is 0 Å². The molecule has 1 aliphatic heterocycles.